The maximum atomic E-state index is 12.2. The fourth-order valence-electron chi connectivity index (χ4n) is 2.27. The van der Waals surface area contributed by atoms with Gasteiger partial charge in [-0.1, -0.05) is 6.92 Å². The Morgan fingerprint density at radius 2 is 1.95 bits per heavy atom. The number of ether oxygens (including phenoxy) is 1. The number of anilines is 1. The van der Waals surface area contributed by atoms with E-state index in [-0.39, 0.29) is 18.2 Å². The highest BCUT2D eigenvalue weighted by molar-refractivity contribution is 6.22. The Labute approximate surface area is 123 Å². The predicted octanol–water partition coefficient (Wildman–Crippen LogP) is 1.10. The van der Waals surface area contributed by atoms with Crippen LogP contribution in [0.25, 0.3) is 0 Å². The van der Waals surface area contributed by atoms with E-state index in [1.54, 1.807) is 31.2 Å². The molecule has 1 aliphatic heterocycles. The number of carbonyl (C=O) groups excluding carboxylic acids is 3. The zero-order chi connectivity index (χ0) is 15.4. The summed E-state index contributed by atoms with van der Waals surface area (Å²) in [6, 6.07) is 5.79. The molecule has 2 amide bonds. The van der Waals surface area contributed by atoms with Crippen molar-refractivity contribution in [2.24, 2.45) is 0 Å². The van der Waals surface area contributed by atoms with E-state index < -0.39 is 12.0 Å². The number of nitrogens with zero attached hydrogens (tertiary/aromatic N) is 1. The van der Waals surface area contributed by atoms with Crippen LogP contribution in [-0.2, 0) is 14.3 Å². The van der Waals surface area contributed by atoms with Gasteiger partial charge in [-0.25, -0.2) is 9.69 Å². The maximum absolute atomic E-state index is 12.2. The second-order valence-electron chi connectivity index (χ2n) is 4.65. The van der Waals surface area contributed by atoms with Gasteiger partial charge in [-0.15, -0.1) is 0 Å². The number of likely N-dealkylation sites (N-methyl/N-ethyl adjacent to an activating group) is 1. The summed E-state index contributed by atoms with van der Waals surface area (Å²) in [7, 11) is 0. The molecule has 0 aliphatic carbocycles. The van der Waals surface area contributed by atoms with Gasteiger partial charge in [-0.2, -0.15) is 0 Å². The molecule has 0 radical (unpaired) electrons. The molecule has 2 rings (SSSR count). The van der Waals surface area contributed by atoms with E-state index in [4.69, 9.17) is 4.74 Å². The molecule has 6 nitrogen and oxygen atoms in total. The second kappa shape index (κ2) is 6.49. The lowest BCUT2D eigenvalue weighted by Crippen LogP contribution is -2.38. The van der Waals surface area contributed by atoms with E-state index in [0.29, 0.717) is 24.4 Å². The van der Waals surface area contributed by atoms with E-state index >= 15 is 0 Å². The van der Waals surface area contributed by atoms with Crippen LogP contribution in [0.3, 0.4) is 0 Å². The number of benzene rings is 1. The smallest absolute Gasteiger partial charge is 0.338 e. The van der Waals surface area contributed by atoms with Crippen LogP contribution in [-0.4, -0.2) is 37.0 Å². The summed E-state index contributed by atoms with van der Waals surface area (Å²) in [5.41, 5.74) is 0.862. The molecule has 1 N–H and O–H groups in total. The van der Waals surface area contributed by atoms with E-state index in [1.165, 1.54) is 0 Å². The fourth-order valence-corrected chi connectivity index (χ4v) is 2.27. The van der Waals surface area contributed by atoms with Gasteiger partial charge in [-0.3, -0.25) is 9.59 Å². The Balaban J connectivity index is 2.17. The van der Waals surface area contributed by atoms with Crippen LogP contribution in [0, 0.1) is 0 Å². The molecule has 1 aromatic rings. The second-order valence-corrected chi connectivity index (χ2v) is 4.65. The quantitative estimate of drug-likeness (QED) is 0.649. The van der Waals surface area contributed by atoms with Gasteiger partial charge in [0.2, 0.25) is 5.91 Å². The number of hydrogen-bond acceptors (Lipinski definition) is 5. The largest absolute Gasteiger partial charge is 0.462 e. The summed E-state index contributed by atoms with van der Waals surface area (Å²) >= 11 is 0. The van der Waals surface area contributed by atoms with Crippen molar-refractivity contribution in [3.63, 3.8) is 0 Å². The first kappa shape index (κ1) is 15.2. The zero-order valence-corrected chi connectivity index (χ0v) is 12.1. The van der Waals surface area contributed by atoms with Crippen LogP contribution in [0.2, 0.25) is 0 Å². The molecule has 0 bridgehead atoms. The Kier molecular flexibility index (Phi) is 4.70. The number of rotatable bonds is 5. The highest BCUT2D eigenvalue weighted by Gasteiger charge is 2.38. The van der Waals surface area contributed by atoms with Gasteiger partial charge in [0.25, 0.3) is 5.91 Å². The highest BCUT2D eigenvalue weighted by Crippen LogP contribution is 2.23. The van der Waals surface area contributed by atoms with Gasteiger partial charge in [0.05, 0.1) is 30.3 Å². The molecule has 1 aromatic carbocycles. The van der Waals surface area contributed by atoms with E-state index in [2.05, 4.69) is 5.32 Å². The summed E-state index contributed by atoms with van der Waals surface area (Å²) in [6.07, 6.45) is 0.159. The van der Waals surface area contributed by atoms with Crippen molar-refractivity contribution in [2.45, 2.75) is 26.3 Å². The lowest BCUT2D eigenvalue weighted by molar-refractivity contribution is -0.121. The third kappa shape index (κ3) is 3.11. The van der Waals surface area contributed by atoms with E-state index in [9.17, 15) is 14.4 Å². The monoisotopic (exact) mass is 290 g/mol. The first-order valence-corrected chi connectivity index (χ1v) is 6.95. The van der Waals surface area contributed by atoms with Crippen LogP contribution < -0.4 is 10.2 Å². The molecule has 0 saturated carbocycles. The summed E-state index contributed by atoms with van der Waals surface area (Å²) in [6.45, 7) is 4.54. The molecule has 1 saturated heterocycles. The zero-order valence-electron chi connectivity index (χ0n) is 12.1. The third-order valence-electron chi connectivity index (χ3n) is 3.23. The van der Waals surface area contributed by atoms with Crippen molar-refractivity contribution < 1.29 is 19.1 Å². The van der Waals surface area contributed by atoms with Crippen LogP contribution in [0.1, 0.15) is 30.6 Å². The SMILES string of the molecule is CCN[C@@H]1CC(=O)N(c2ccc(C(=O)OCC)cc2)C1=O. The van der Waals surface area contributed by atoms with Crippen molar-refractivity contribution in [1.82, 2.24) is 5.32 Å². The van der Waals surface area contributed by atoms with E-state index in [1.807, 2.05) is 6.92 Å². The minimum atomic E-state index is -0.466. The normalized spacial score (nSPS) is 18.2. The molecule has 0 spiro atoms. The predicted molar refractivity (Wildman–Crippen MR) is 77.0 cm³/mol. The minimum Gasteiger partial charge on any atom is -0.462 e. The summed E-state index contributed by atoms with van der Waals surface area (Å²) in [4.78, 5) is 36.9. The summed E-state index contributed by atoms with van der Waals surface area (Å²) in [5.74, 6) is -0.922. The molecule has 1 aliphatic rings. The van der Waals surface area contributed by atoms with Gasteiger partial charge in [0.1, 0.15) is 0 Å². The summed E-state index contributed by atoms with van der Waals surface area (Å²) < 4.78 is 4.89. The topological polar surface area (TPSA) is 75.7 Å². The summed E-state index contributed by atoms with van der Waals surface area (Å²) in [5, 5.41) is 2.98. The number of imide groups is 1. The number of hydrogen-bond donors (Lipinski definition) is 1. The van der Waals surface area contributed by atoms with Crippen LogP contribution in [0.5, 0.6) is 0 Å². The van der Waals surface area contributed by atoms with Gasteiger partial charge in [0.15, 0.2) is 0 Å². The number of carbonyl (C=O) groups is 3. The molecular formula is C15H18N2O4. The highest BCUT2D eigenvalue weighted by atomic mass is 16.5. The Hall–Kier alpha value is -2.21. The first-order chi connectivity index (χ1) is 10.1. The molecule has 0 aromatic heterocycles. The molecule has 6 heteroatoms. The van der Waals surface area contributed by atoms with Gasteiger partial charge >= 0.3 is 5.97 Å². The first-order valence-electron chi connectivity index (χ1n) is 6.95. The van der Waals surface area contributed by atoms with Crippen LogP contribution >= 0.6 is 0 Å². The lowest BCUT2D eigenvalue weighted by Gasteiger charge is -2.15. The third-order valence-corrected chi connectivity index (χ3v) is 3.23. The molecule has 1 fully saturated rings. The van der Waals surface area contributed by atoms with Crippen molar-refractivity contribution in [3.8, 4) is 0 Å². The van der Waals surface area contributed by atoms with Gasteiger partial charge < -0.3 is 10.1 Å². The molecular weight excluding hydrogens is 272 g/mol. The molecule has 1 heterocycles. The molecule has 112 valence electrons. The molecule has 21 heavy (non-hydrogen) atoms. The molecule has 0 unspecified atom stereocenters. The number of amides is 2. The van der Waals surface area contributed by atoms with E-state index in [0.717, 1.165) is 4.90 Å². The van der Waals surface area contributed by atoms with Gasteiger partial charge in [0, 0.05) is 0 Å². The number of nitrogens with one attached hydrogen (secondary N) is 1. The van der Waals surface area contributed by atoms with Crippen molar-refractivity contribution in [3.05, 3.63) is 29.8 Å². The average molecular weight is 290 g/mol. The fraction of sp³-hybridized carbons (Fsp3) is 0.400. The maximum Gasteiger partial charge on any atom is 0.338 e. The number of esters is 1. The van der Waals surface area contributed by atoms with Gasteiger partial charge in [-0.05, 0) is 37.7 Å². The minimum absolute atomic E-state index is 0.159. The Bertz CT molecular complexity index is 553. The van der Waals surface area contributed by atoms with Crippen molar-refractivity contribution in [2.75, 3.05) is 18.1 Å². The van der Waals surface area contributed by atoms with Crippen molar-refractivity contribution >= 4 is 23.5 Å². The van der Waals surface area contributed by atoms with Crippen LogP contribution in [0.15, 0.2) is 24.3 Å². The Morgan fingerprint density at radius 1 is 1.29 bits per heavy atom. The van der Waals surface area contributed by atoms with Crippen LogP contribution in [0.4, 0.5) is 5.69 Å². The Morgan fingerprint density at radius 3 is 2.52 bits per heavy atom. The average Bonchev–Trinajstić information content (AvgIpc) is 2.74. The van der Waals surface area contributed by atoms with Crippen molar-refractivity contribution in [1.29, 1.82) is 0 Å². The standard InChI is InChI=1S/C15H18N2O4/c1-3-16-12-9-13(18)17(14(12)19)11-7-5-10(6-8-11)15(20)21-4-2/h5-8,12,16H,3-4,9H2,1-2H3/t12-/m1/s1. The lowest BCUT2D eigenvalue weighted by atomic mass is 10.2. The molecule has 1 atom stereocenters.